The molecule has 0 aromatic rings. The summed E-state index contributed by atoms with van der Waals surface area (Å²) in [5.74, 6) is 0. The standard InChI is InChI=1S/2C4H8O.H2O4S/c2*1-2-4-5-3-1;1-5(2,3)4/h2*1-4H2;(H2,1,2,3,4). The molecule has 0 bridgehead atoms. The van der Waals surface area contributed by atoms with Crippen LogP contribution in [-0.2, 0) is 19.9 Å². The van der Waals surface area contributed by atoms with Crippen molar-refractivity contribution in [3.63, 3.8) is 0 Å². The third kappa shape index (κ3) is 20.0. The maximum absolute atomic E-state index is 8.74. The topological polar surface area (TPSA) is 93.1 Å². The first-order valence-electron chi connectivity index (χ1n) is 4.85. The van der Waals surface area contributed by atoms with Crippen LogP contribution in [0.3, 0.4) is 0 Å². The molecule has 0 aromatic heterocycles. The van der Waals surface area contributed by atoms with Crippen LogP contribution >= 0.6 is 0 Å². The predicted octanol–water partition coefficient (Wildman–Crippen LogP) is 0.941. The highest BCUT2D eigenvalue weighted by atomic mass is 32.3. The predicted molar refractivity (Wildman–Crippen MR) is 54.3 cm³/mol. The van der Waals surface area contributed by atoms with Crippen molar-refractivity contribution in [3.05, 3.63) is 0 Å². The Bertz CT molecular complexity index is 184. The van der Waals surface area contributed by atoms with E-state index in [1.54, 1.807) is 0 Å². The lowest BCUT2D eigenvalue weighted by Gasteiger charge is -1.76. The zero-order chi connectivity index (χ0) is 11.6. The van der Waals surface area contributed by atoms with Gasteiger partial charge < -0.3 is 9.47 Å². The molecular formula is C8H18O6S. The number of rotatable bonds is 0. The molecule has 0 unspecified atom stereocenters. The minimum Gasteiger partial charge on any atom is -0.381 e. The molecule has 2 saturated heterocycles. The Labute approximate surface area is 90.2 Å². The number of ether oxygens (including phenoxy) is 2. The van der Waals surface area contributed by atoms with Gasteiger partial charge in [0.25, 0.3) is 0 Å². The van der Waals surface area contributed by atoms with E-state index in [2.05, 4.69) is 0 Å². The fraction of sp³-hybridized carbons (Fsp3) is 1.00. The minimum absolute atomic E-state index is 1.00. The van der Waals surface area contributed by atoms with Crippen LogP contribution < -0.4 is 0 Å². The molecule has 2 rings (SSSR count). The summed E-state index contributed by atoms with van der Waals surface area (Å²) in [6, 6.07) is 0. The first-order valence-corrected chi connectivity index (χ1v) is 6.25. The second-order valence-electron chi connectivity index (χ2n) is 3.09. The lowest BCUT2D eigenvalue weighted by molar-refractivity contribution is 0.198. The van der Waals surface area contributed by atoms with Crippen LogP contribution in [0.15, 0.2) is 0 Å². The first-order chi connectivity index (χ1) is 7.00. The normalized spacial score (nSPS) is 19.9. The van der Waals surface area contributed by atoms with Gasteiger partial charge in [-0.15, -0.1) is 0 Å². The third-order valence-corrected chi connectivity index (χ3v) is 1.65. The molecule has 0 amide bonds. The summed E-state index contributed by atoms with van der Waals surface area (Å²) in [7, 11) is -4.67. The van der Waals surface area contributed by atoms with E-state index in [-0.39, 0.29) is 0 Å². The van der Waals surface area contributed by atoms with E-state index in [4.69, 9.17) is 27.0 Å². The molecule has 0 aromatic carbocycles. The summed E-state index contributed by atoms with van der Waals surface area (Å²) in [4.78, 5) is 0. The highest BCUT2D eigenvalue weighted by molar-refractivity contribution is 7.79. The van der Waals surface area contributed by atoms with Crippen molar-refractivity contribution in [1.29, 1.82) is 0 Å². The van der Waals surface area contributed by atoms with Gasteiger partial charge in [0, 0.05) is 26.4 Å². The molecule has 2 fully saturated rings. The van der Waals surface area contributed by atoms with E-state index < -0.39 is 10.4 Å². The minimum atomic E-state index is -4.67. The van der Waals surface area contributed by atoms with Gasteiger partial charge >= 0.3 is 10.4 Å². The molecule has 2 N–H and O–H groups in total. The zero-order valence-corrected chi connectivity index (χ0v) is 9.41. The highest BCUT2D eigenvalue weighted by Gasteiger charge is 1.95. The third-order valence-electron chi connectivity index (χ3n) is 1.65. The lowest BCUT2D eigenvalue weighted by atomic mass is 10.4. The fourth-order valence-corrected chi connectivity index (χ4v) is 1.02. The van der Waals surface area contributed by atoms with Crippen molar-refractivity contribution >= 4 is 10.4 Å². The van der Waals surface area contributed by atoms with Crippen molar-refractivity contribution < 1.29 is 27.0 Å². The van der Waals surface area contributed by atoms with E-state index in [0.717, 1.165) is 26.4 Å². The van der Waals surface area contributed by atoms with Crippen molar-refractivity contribution in [2.75, 3.05) is 26.4 Å². The Hall–Kier alpha value is -0.210. The molecular weight excluding hydrogens is 224 g/mol. The van der Waals surface area contributed by atoms with E-state index in [1.807, 2.05) is 0 Å². The van der Waals surface area contributed by atoms with Crippen LogP contribution in [-0.4, -0.2) is 44.0 Å². The Morgan fingerprint density at radius 3 is 1.00 bits per heavy atom. The van der Waals surface area contributed by atoms with E-state index in [9.17, 15) is 0 Å². The molecule has 2 heterocycles. The smallest absolute Gasteiger partial charge is 0.381 e. The van der Waals surface area contributed by atoms with Gasteiger partial charge in [0.2, 0.25) is 0 Å². The summed E-state index contributed by atoms with van der Waals surface area (Å²) in [6.45, 7) is 4.00. The Balaban J connectivity index is 0.000000196. The average molecular weight is 242 g/mol. The van der Waals surface area contributed by atoms with Gasteiger partial charge in [0.05, 0.1) is 0 Å². The molecule has 7 heteroatoms. The van der Waals surface area contributed by atoms with Crippen molar-refractivity contribution in [1.82, 2.24) is 0 Å². The maximum Gasteiger partial charge on any atom is 0.394 e. The van der Waals surface area contributed by atoms with Gasteiger partial charge in [0.1, 0.15) is 0 Å². The van der Waals surface area contributed by atoms with Crippen LogP contribution in [0.1, 0.15) is 25.7 Å². The van der Waals surface area contributed by atoms with Crippen LogP contribution in [0.5, 0.6) is 0 Å². The lowest BCUT2D eigenvalue weighted by Crippen LogP contribution is -1.89. The molecule has 6 nitrogen and oxygen atoms in total. The van der Waals surface area contributed by atoms with Crippen LogP contribution in [0, 0.1) is 0 Å². The number of hydrogen-bond donors (Lipinski definition) is 2. The SMILES string of the molecule is C1CCOC1.C1CCOC1.O=S(=O)(O)O. The Morgan fingerprint density at radius 1 is 0.733 bits per heavy atom. The molecule has 0 saturated carbocycles. The highest BCUT2D eigenvalue weighted by Crippen LogP contribution is 1.98. The van der Waals surface area contributed by atoms with Crippen molar-refractivity contribution in [2.45, 2.75) is 25.7 Å². The molecule has 15 heavy (non-hydrogen) atoms. The Morgan fingerprint density at radius 2 is 0.933 bits per heavy atom. The summed E-state index contributed by atoms with van der Waals surface area (Å²) >= 11 is 0. The summed E-state index contributed by atoms with van der Waals surface area (Å²) in [5, 5.41) is 0. The molecule has 0 spiro atoms. The maximum atomic E-state index is 8.74. The fourth-order valence-electron chi connectivity index (χ4n) is 1.02. The van der Waals surface area contributed by atoms with Gasteiger partial charge in [-0.3, -0.25) is 9.11 Å². The molecule has 0 atom stereocenters. The van der Waals surface area contributed by atoms with Crippen molar-refractivity contribution in [2.24, 2.45) is 0 Å². The first kappa shape index (κ1) is 14.8. The second kappa shape index (κ2) is 9.05. The van der Waals surface area contributed by atoms with Gasteiger partial charge in [-0.05, 0) is 25.7 Å². The van der Waals surface area contributed by atoms with Crippen LogP contribution in [0.4, 0.5) is 0 Å². The molecule has 92 valence electrons. The molecule has 0 aliphatic carbocycles. The summed E-state index contributed by atoms with van der Waals surface area (Å²) in [6.07, 6.45) is 5.11. The number of hydrogen-bond acceptors (Lipinski definition) is 4. The Kier molecular flexibility index (Phi) is 8.92. The largest absolute Gasteiger partial charge is 0.394 e. The van der Waals surface area contributed by atoms with E-state index >= 15 is 0 Å². The average Bonchev–Trinajstić information content (AvgIpc) is 2.81. The van der Waals surface area contributed by atoms with Crippen LogP contribution in [0.25, 0.3) is 0 Å². The van der Waals surface area contributed by atoms with Crippen LogP contribution in [0.2, 0.25) is 0 Å². The molecule has 0 radical (unpaired) electrons. The summed E-state index contributed by atoms with van der Waals surface area (Å²) in [5.41, 5.74) is 0. The van der Waals surface area contributed by atoms with Crippen molar-refractivity contribution in [3.8, 4) is 0 Å². The second-order valence-corrected chi connectivity index (χ2v) is 3.98. The monoisotopic (exact) mass is 242 g/mol. The van der Waals surface area contributed by atoms with Gasteiger partial charge in [-0.2, -0.15) is 8.42 Å². The van der Waals surface area contributed by atoms with E-state index in [1.165, 1.54) is 25.7 Å². The molecule has 2 aliphatic rings. The summed E-state index contributed by atoms with van der Waals surface area (Å²) < 4.78 is 41.5. The zero-order valence-electron chi connectivity index (χ0n) is 8.59. The quantitative estimate of drug-likeness (QED) is 0.614. The van der Waals surface area contributed by atoms with Gasteiger partial charge in [-0.25, -0.2) is 0 Å². The van der Waals surface area contributed by atoms with E-state index in [0.29, 0.717) is 0 Å². The van der Waals surface area contributed by atoms with Gasteiger partial charge in [-0.1, -0.05) is 0 Å². The van der Waals surface area contributed by atoms with Gasteiger partial charge in [0.15, 0.2) is 0 Å². The molecule has 2 aliphatic heterocycles.